The number of aromatic nitrogens is 2. The van der Waals surface area contributed by atoms with Crippen LogP contribution in [0, 0.1) is 12.8 Å². The monoisotopic (exact) mass is 459 g/mol. The lowest BCUT2D eigenvalue weighted by atomic mass is 10.2. The predicted molar refractivity (Wildman–Crippen MR) is 123 cm³/mol. The number of thiophene rings is 1. The molecule has 0 aliphatic carbocycles. The van der Waals surface area contributed by atoms with Crippen LogP contribution in [0.25, 0.3) is 10.2 Å². The summed E-state index contributed by atoms with van der Waals surface area (Å²) in [6.07, 6.45) is 1.47. The summed E-state index contributed by atoms with van der Waals surface area (Å²) in [6.45, 7) is 7.60. The van der Waals surface area contributed by atoms with Gasteiger partial charge in [-0.25, -0.2) is 8.42 Å². The van der Waals surface area contributed by atoms with Crippen molar-refractivity contribution in [1.29, 1.82) is 0 Å². The number of amides is 1. The molecule has 0 atom stereocenters. The smallest absolute Gasteiger partial charge is 0.265 e. The van der Waals surface area contributed by atoms with Crippen molar-refractivity contribution < 1.29 is 13.2 Å². The molecule has 0 radical (unpaired) electrons. The molecule has 0 bridgehead atoms. The van der Waals surface area contributed by atoms with Gasteiger partial charge in [0.1, 0.15) is 10.7 Å². The second-order valence-corrected chi connectivity index (χ2v) is 10.7. The van der Waals surface area contributed by atoms with Crippen molar-refractivity contribution in [3.05, 3.63) is 40.9 Å². The van der Waals surface area contributed by atoms with E-state index in [1.54, 1.807) is 12.1 Å². The molecule has 0 unspecified atom stereocenters. The fourth-order valence-corrected chi connectivity index (χ4v) is 5.67. The zero-order valence-electron chi connectivity index (χ0n) is 17.7. The molecule has 1 aromatic carbocycles. The van der Waals surface area contributed by atoms with Crippen LogP contribution in [0.1, 0.15) is 42.1 Å². The van der Waals surface area contributed by atoms with Crippen LogP contribution in [-0.2, 0) is 16.6 Å². The molecule has 0 fully saturated rings. The van der Waals surface area contributed by atoms with E-state index >= 15 is 0 Å². The van der Waals surface area contributed by atoms with Gasteiger partial charge in [0.25, 0.3) is 15.9 Å². The minimum absolute atomic E-state index is 0.0830. The highest BCUT2D eigenvalue weighted by molar-refractivity contribution is 7.90. The molecule has 4 rings (SSSR count). The number of hydrogen-bond donors (Lipinski definition) is 2. The quantitative estimate of drug-likeness (QED) is 0.585. The number of carbonyl (C=O) groups excluding carboxylic acids is 1. The Bertz CT molecular complexity index is 1270. The highest BCUT2D eigenvalue weighted by Crippen LogP contribution is 2.29. The Morgan fingerprint density at radius 2 is 2.10 bits per heavy atom. The lowest BCUT2D eigenvalue weighted by Gasteiger charge is -2.10. The van der Waals surface area contributed by atoms with Gasteiger partial charge in [0.15, 0.2) is 0 Å². The molecule has 8 nitrogen and oxygen atoms in total. The number of nitrogens with one attached hydrogen (secondary N) is 2. The molecule has 2 N–H and O–H groups in total. The van der Waals surface area contributed by atoms with E-state index < -0.39 is 10.0 Å². The fraction of sp³-hybridized carbons (Fsp3) is 0.381. The number of aliphatic imine (C=N–C) groups is 1. The second kappa shape index (κ2) is 8.43. The first-order chi connectivity index (χ1) is 14.7. The predicted octanol–water partition coefficient (Wildman–Crippen LogP) is 3.79. The van der Waals surface area contributed by atoms with Gasteiger partial charge in [-0.1, -0.05) is 19.9 Å². The Morgan fingerprint density at radius 1 is 1.29 bits per heavy atom. The van der Waals surface area contributed by atoms with Gasteiger partial charge in [0.2, 0.25) is 0 Å². The molecular formula is C21H25N5O3S2. The second-order valence-electron chi connectivity index (χ2n) is 8.01. The maximum absolute atomic E-state index is 12.9. The number of anilines is 1. The van der Waals surface area contributed by atoms with Gasteiger partial charge in [0.05, 0.1) is 15.5 Å². The van der Waals surface area contributed by atoms with E-state index in [-0.39, 0.29) is 10.8 Å². The SMILES string of the molecule is Cc1nn(CC(C)C)c2sc(C(=O)Nc3cccc(S(=O)(=O)NC4=NCCC4)c3)cc12. The Kier molecular flexibility index (Phi) is 5.85. The van der Waals surface area contributed by atoms with Crippen LogP contribution in [0.5, 0.6) is 0 Å². The van der Waals surface area contributed by atoms with Crippen LogP contribution in [0.15, 0.2) is 40.2 Å². The third-order valence-corrected chi connectivity index (χ3v) is 7.42. The van der Waals surface area contributed by atoms with Crippen molar-refractivity contribution in [2.75, 3.05) is 11.9 Å². The zero-order chi connectivity index (χ0) is 22.2. The van der Waals surface area contributed by atoms with E-state index in [4.69, 9.17) is 0 Å². The topological polar surface area (TPSA) is 105 Å². The van der Waals surface area contributed by atoms with E-state index in [1.807, 2.05) is 17.7 Å². The molecule has 3 heterocycles. The molecule has 10 heteroatoms. The maximum atomic E-state index is 12.9. The molecule has 3 aromatic rings. The first-order valence-corrected chi connectivity index (χ1v) is 12.5. The molecule has 0 spiro atoms. The van der Waals surface area contributed by atoms with Crippen molar-refractivity contribution in [3.63, 3.8) is 0 Å². The van der Waals surface area contributed by atoms with Crippen LogP contribution in [-0.4, -0.2) is 36.5 Å². The number of amidine groups is 1. The Labute approximate surface area is 185 Å². The number of nitrogens with zero attached hydrogens (tertiary/aromatic N) is 3. The minimum Gasteiger partial charge on any atom is -0.321 e. The minimum atomic E-state index is -3.74. The van der Waals surface area contributed by atoms with E-state index in [0.717, 1.165) is 28.9 Å². The summed E-state index contributed by atoms with van der Waals surface area (Å²) >= 11 is 1.39. The summed E-state index contributed by atoms with van der Waals surface area (Å²) in [7, 11) is -3.74. The molecule has 0 saturated heterocycles. The van der Waals surface area contributed by atoms with Gasteiger partial charge in [-0.2, -0.15) is 5.10 Å². The zero-order valence-corrected chi connectivity index (χ0v) is 19.3. The largest absolute Gasteiger partial charge is 0.321 e. The summed E-state index contributed by atoms with van der Waals surface area (Å²) in [5, 5.41) is 8.35. The third kappa shape index (κ3) is 4.64. The number of rotatable bonds is 6. The standard InChI is InChI=1S/C21H25N5O3S2/c1-13(2)12-26-21-17(14(3)24-26)11-18(30-21)20(27)23-15-6-4-7-16(10-15)31(28,29)25-19-8-5-9-22-19/h4,6-7,10-11,13H,5,8-9,12H2,1-3H3,(H,22,25)(H,23,27). The van der Waals surface area contributed by atoms with E-state index in [1.165, 1.54) is 23.5 Å². The molecule has 2 aromatic heterocycles. The van der Waals surface area contributed by atoms with E-state index in [0.29, 0.717) is 35.3 Å². The first kappa shape index (κ1) is 21.5. The Morgan fingerprint density at radius 3 is 2.81 bits per heavy atom. The fourth-order valence-electron chi connectivity index (χ4n) is 3.46. The number of aryl methyl sites for hydroxylation is 1. The van der Waals surface area contributed by atoms with Crippen LogP contribution in [0.2, 0.25) is 0 Å². The summed E-state index contributed by atoms with van der Waals surface area (Å²) < 4.78 is 29.7. The van der Waals surface area contributed by atoms with Crippen LogP contribution in [0.3, 0.4) is 0 Å². The lowest BCUT2D eigenvalue weighted by molar-refractivity contribution is 0.103. The average Bonchev–Trinajstić information content (AvgIpc) is 3.41. The van der Waals surface area contributed by atoms with Gasteiger partial charge in [-0.15, -0.1) is 11.3 Å². The van der Waals surface area contributed by atoms with Gasteiger partial charge >= 0.3 is 0 Å². The number of carbonyl (C=O) groups is 1. The van der Waals surface area contributed by atoms with E-state index in [2.05, 4.69) is 34.0 Å². The number of benzene rings is 1. The van der Waals surface area contributed by atoms with Crippen LogP contribution in [0.4, 0.5) is 5.69 Å². The number of hydrogen-bond acceptors (Lipinski definition) is 6. The van der Waals surface area contributed by atoms with Gasteiger partial charge in [-0.05, 0) is 43.5 Å². The van der Waals surface area contributed by atoms with Crippen molar-refractivity contribution in [1.82, 2.24) is 14.5 Å². The molecule has 1 aliphatic rings. The highest BCUT2D eigenvalue weighted by Gasteiger charge is 2.20. The molecule has 164 valence electrons. The first-order valence-electron chi connectivity index (χ1n) is 10.2. The lowest BCUT2D eigenvalue weighted by Crippen LogP contribution is -2.29. The van der Waals surface area contributed by atoms with Gasteiger partial charge in [-0.3, -0.25) is 19.2 Å². The Balaban J connectivity index is 1.54. The normalized spacial score (nSPS) is 14.3. The van der Waals surface area contributed by atoms with Crippen molar-refractivity contribution in [2.45, 2.75) is 45.1 Å². The number of sulfonamides is 1. The molecule has 1 aliphatic heterocycles. The van der Waals surface area contributed by atoms with Crippen molar-refractivity contribution in [2.24, 2.45) is 10.9 Å². The van der Waals surface area contributed by atoms with Gasteiger partial charge in [0, 0.05) is 30.6 Å². The number of fused-ring (bicyclic) bond motifs is 1. The third-order valence-electron chi connectivity index (χ3n) is 4.90. The molecule has 0 saturated carbocycles. The summed E-state index contributed by atoms with van der Waals surface area (Å²) in [4.78, 5) is 18.6. The Hall–Kier alpha value is -2.72. The van der Waals surface area contributed by atoms with Crippen molar-refractivity contribution in [3.8, 4) is 0 Å². The van der Waals surface area contributed by atoms with E-state index in [9.17, 15) is 13.2 Å². The van der Waals surface area contributed by atoms with Crippen LogP contribution >= 0.6 is 11.3 Å². The molecule has 1 amide bonds. The van der Waals surface area contributed by atoms with Crippen molar-refractivity contribution >= 4 is 49.0 Å². The van der Waals surface area contributed by atoms with Crippen LogP contribution < -0.4 is 10.0 Å². The summed E-state index contributed by atoms with van der Waals surface area (Å²) in [5.41, 5.74) is 1.30. The average molecular weight is 460 g/mol. The molecule has 31 heavy (non-hydrogen) atoms. The van der Waals surface area contributed by atoms with Gasteiger partial charge < -0.3 is 5.32 Å². The maximum Gasteiger partial charge on any atom is 0.265 e. The summed E-state index contributed by atoms with van der Waals surface area (Å²) in [5.74, 6) is 0.639. The molecular weight excluding hydrogens is 434 g/mol. The highest BCUT2D eigenvalue weighted by atomic mass is 32.2. The summed E-state index contributed by atoms with van der Waals surface area (Å²) in [6, 6.07) is 8.07.